The van der Waals surface area contributed by atoms with Gasteiger partial charge in [0.2, 0.25) is 0 Å². The molecule has 0 aromatic heterocycles. The van der Waals surface area contributed by atoms with Crippen LogP contribution in [0.1, 0.15) is 6.92 Å². The average molecular weight is 263 g/mol. The van der Waals surface area contributed by atoms with Crippen molar-refractivity contribution in [1.29, 1.82) is 0 Å². The molecule has 2 fully saturated rings. The van der Waals surface area contributed by atoms with Crippen LogP contribution in [0, 0.1) is 0 Å². The van der Waals surface area contributed by atoms with Crippen LogP contribution in [0.4, 0.5) is 0 Å². The molecule has 0 bridgehead atoms. The molecule has 0 saturated carbocycles. The third-order valence-electron chi connectivity index (χ3n) is 3.10. The largest absolute Gasteiger partial charge is 0.383 e. The van der Waals surface area contributed by atoms with E-state index in [0.29, 0.717) is 26.4 Å². The van der Waals surface area contributed by atoms with Crippen molar-refractivity contribution in [2.75, 3.05) is 33.5 Å². The monoisotopic (exact) mass is 263 g/mol. The number of rotatable bonds is 5. The highest BCUT2D eigenvalue weighted by Gasteiger charge is 2.55. The highest BCUT2D eigenvalue weighted by molar-refractivity contribution is 8.01. The highest BCUT2D eigenvalue weighted by Crippen LogP contribution is 2.43. The Morgan fingerprint density at radius 3 is 2.94 bits per heavy atom. The normalized spacial score (nSPS) is 36.4. The van der Waals surface area contributed by atoms with E-state index in [1.807, 2.05) is 11.8 Å². The molecule has 2 aliphatic heterocycles. The first kappa shape index (κ1) is 13.5. The number of hydrogen-bond donors (Lipinski definition) is 2. The van der Waals surface area contributed by atoms with E-state index in [0.717, 1.165) is 0 Å². The van der Waals surface area contributed by atoms with Gasteiger partial charge in [-0.2, -0.15) is 0 Å². The smallest absolute Gasteiger partial charge is 0.174 e. The molecule has 7 heteroatoms. The maximum Gasteiger partial charge on any atom is 0.174 e. The van der Waals surface area contributed by atoms with Crippen molar-refractivity contribution in [3.8, 4) is 0 Å². The summed E-state index contributed by atoms with van der Waals surface area (Å²) in [6, 6.07) is 0.116. The molecule has 2 saturated heterocycles. The number of fused-ring (bicyclic) bond motifs is 1. The molecule has 0 spiro atoms. The van der Waals surface area contributed by atoms with Crippen LogP contribution in [0.5, 0.6) is 0 Å². The lowest BCUT2D eigenvalue weighted by molar-refractivity contribution is -0.141. The molecular formula is C10H21N3O3S. The summed E-state index contributed by atoms with van der Waals surface area (Å²) < 4.78 is 16.3. The van der Waals surface area contributed by atoms with Crippen LogP contribution in [-0.4, -0.2) is 61.1 Å². The Morgan fingerprint density at radius 2 is 2.29 bits per heavy atom. The Kier molecular flexibility index (Phi) is 4.30. The topological polar surface area (TPSA) is 83.0 Å². The highest BCUT2D eigenvalue weighted by atomic mass is 32.2. The molecule has 0 aromatic rings. The quantitative estimate of drug-likeness (QED) is 0.637. The van der Waals surface area contributed by atoms with Gasteiger partial charge in [0.05, 0.1) is 24.5 Å². The number of nitrogens with two attached hydrogens (primary N) is 2. The Morgan fingerprint density at radius 1 is 1.53 bits per heavy atom. The van der Waals surface area contributed by atoms with Crippen LogP contribution in [0.3, 0.4) is 0 Å². The van der Waals surface area contributed by atoms with Crippen LogP contribution in [0.2, 0.25) is 0 Å². The van der Waals surface area contributed by atoms with E-state index in [4.69, 9.17) is 25.7 Å². The van der Waals surface area contributed by atoms with Crippen molar-refractivity contribution in [3.05, 3.63) is 0 Å². The van der Waals surface area contributed by atoms with E-state index in [2.05, 4.69) is 0 Å². The zero-order valence-corrected chi connectivity index (χ0v) is 11.1. The SMILES string of the molecule is CCOC1OCC2SC(N)(N)N(CCOC)C12. The van der Waals surface area contributed by atoms with Gasteiger partial charge in [0.1, 0.15) is 0 Å². The summed E-state index contributed by atoms with van der Waals surface area (Å²) in [5, 5.41) is -0.578. The second-order valence-electron chi connectivity index (χ2n) is 4.24. The van der Waals surface area contributed by atoms with Gasteiger partial charge in [-0.25, -0.2) is 0 Å². The van der Waals surface area contributed by atoms with E-state index in [-0.39, 0.29) is 17.6 Å². The van der Waals surface area contributed by atoms with Crippen LogP contribution in [0.15, 0.2) is 0 Å². The van der Waals surface area contributed by atoms with Crippen LogP contribution in [0.25, 0.3) is 0 Å². The van der Waals surface area contributed by atoms with Crippen molar-refractivity contribution in [3.63, 3.8) is 0 Å². The Labute approximate surface area is 106 Å². The summed E-state index contributed by atoms with van der Waals surface area (Å²) in [6.07, 6.45) is -0.233. The molecule has 3 unspecified atom stereocenters. The van der Waals surface area contributed by atoms with E-state index >= 15 is 0 Å². The van der Waals surface area contributed by atoms with Crippen LogP contribution < -0.4 is 11.5 Å². The molecule has 0 aromatic carbocycles. The van der Waals surface area contributed by atoms with Crippen molar-refractivity contribution < 1.29 is 14.2 Å². The molecule has 2 heterocycles. The van der Waals surface area contributed by atoms with Gasteiger partial charge in [-0.15, -0.1) is 11.8 Å². The third kappa shape index (κ3) is 2.60. The van der Waals surface area contributed by atoms with Crippen LogP contribution in [-0.2, 0) is 14.2 Å². The van der Waals surface area contributed by atoms with Crippen LogP contribution >= 0.6 is 11.8 Å². The van der Waals surface area contributed by atoms with E-state index in [9.17, 15) is 0 Å². The summed E-state index contributed by atoms with van der Waals surface area (Å²) in [5.41, 5.74) is 12.2. The Hall–Kier alpha value is 0.110. The van der Waals surface area contributed by atoms with Gasteiger partial charge in [-0.1, -0.05) is 0 Å². The number of ether oxygens (including phenoxy) is 3. The first-order chi connectivity index (χ1) is 8.10. The first-order valence-electron chi connectivity index (χ1n) is 5.84. The molecule has 6 nitrogen and oxygen atoms in total. The minimum Gasteiger partial charge on any atom is -0.383 e. The Bertz CT molecular complexity index is 265. The molecule has 0 aliphatic carbocycles. The van der Waals surface area contributed by atoms with E-state index in [1.165, 1.54) is 0 Å². The van der Waals surface area contributed by atoms with Gasteiger partial charge in [0.15, 0.2) is 11.4 Å². The minimum atomic E-state index is -0.854. The molecule has 2 rings (SSSR count). The fourth-order valence-electron chi connectivity index (χ4n) is 2.38. The van der Waals surface area contributed by atoms with Gasteiger partial charge in [-0.05, 0) is 6.92 Å². The van der Waals surface area contributed by atoms with Gasteiger partial charge in [-0.3, -0.25) is 16.4 Å². The van der Waals surface area contributed by atoms with Crippen molar-refractivity contribution in [2.24, 2.45) is 11.5 Å². The number of methoxy groups -OCH3 is 1. The van der Waals surface area contributed by atoms with Gasteiger partial charge in [0, 0.05) is 20.3 Å². The molecule has 0 radical (unpaired) electrons. The number of nitrogens with zero attached hydrogens (tertiary/aromatic N) is 1. The summed E-state index contributed by atoms with van der Waals surface area (Å²) in [7, 11) is 1.67. The number of thioether (sulfide) groups is 1. The molecule has 4 N–H and O–H groups in total. The van der Waals surface area contributed by atoms with E-state index in [1.54, 1.807) is 18.9 Å². The fraction of sp³-hybridized carbons (Fsp3) is 1.00. The fourth-order valence-corrected chi connectivity index (χ4v) is 3.78. The predicted octanol–water partition coefficient (Wildman–Crippen LogP) is -0.660. The van der Waals surface area contributed by atoms with Gasteiger partial charge >= 0.3 is 0 Å². The maximum atomic E-state index is 6.11. The second kappa shape index (κ2) is 5.40. The summed E-state index contributed by atoms with van der Waals surface area (Å²) >= 11 is 1.55. The van der Waals surface area contributed by atoms with Crippen molar-refractivity contribution in [2.45, 2.75) is 29.6 Å². The first-order valence-corrected chi connectivity index (χ1v) is 6.72. The van der Waals surface area contributed by atoms with Gasteiger partial charge in [0.25, 0.3) is 0 Å². The minimum absolute atomic E-state index is 0.116. The van der Waals surface area contributed by atoms with E-state index < -0.39 is 5.12 Å². The molecule has 17 heavy (non-hydrogen) atoms. The second-order valence-corrected chi connectivity index (χ2v) is 5.74. The molecular weight excluding hydrogens is 242 g/mol. The summed E-state index contributed by atoms with van der Waals surface area (Å²) in [5.74, 6) is 0. The number of hydrogen-bond acceptors (Lipinski definition) is 7. The summed E-state index contributed by atoms with van der Waals surface area (Å²) in [4.78, 5) is 2.03. The third-order valence-corrected chi connectivity index (χ3v) is 4.43. The average Bonchev–Trinajstić information content (AvgIpc) is 2.73. The lowest BCUT2D eigenvalue weighted by atomic mass is 10.2. The zero-order chi connectivity index (χ0) is 12.5. The molecule has 100 valence electrons. The zero-order valence-electron chi connectivity index (χ0n) is 10.3. The molecule has 0 amide bonds. The van der Waals surface area contributed by atoms with Crippen molar-refractivity contribution in [1.82, 2.24) is 4.90 Å². The van der Waals surface area contributed by atoms with Gasteiger partial charge < -0.3 is 14.2 Å². The lowest BCUT2D eigenvalue weighted by Gasteiger charge is -2.35. The predicted molar refractivity (Wildman–Crippen MR) is 66.2 cm³/mol. The standard InChI is InChI=1S/C10H21N3O3S/c1-3-15-9-8-7(6-16-9)17-10(11,12)13(8)4-5-14-2/h7-9H,3-6,11-12H2,1-2H3. The lowest BCUT2D eigenvalue weighted by Crippen LogP contribution is -2.62. The Balaban J connectivity index is 2.08. The summed E-state index contributed by atoms with van der Waals surface area (Å²) in [6.45, 7) is 4.50. The van der Waals surface area contributed by atoms with Crippen molar-refractivity contribution >= 4 is 11.8 Å². The molecule has 3 atom stereocenters. The maximum absolute atomic E-state index is 6.11. The molecule has 2 aliphatic rings.